The molecule has 2 heterocycles. The number of nitrogens with two attached hydrogens (primary N) is 1. The smallest absolute Gasteiger partial charge is 0.223 e. The van der Waals surface area contributed by atoms with Gasteiger partial charge in [0.1, 0.15) is 0 Å². The van der Waals surface area contributed by atoms with Crippen molar-refractivity contribution in [2.75, 3.05) is 33.5 Å². The summed E-state index contributed by atoms with van der Waals surface area (Å²) in [6.45, 7) is 13.6. The molecule has 4 atom stereocenters. The van der Waals surface area contributed by atoms with Crippen LogP contribution in [0, 0.1) is 36.5 Å². The molecule has 1 amide bonds. The minimum Gasteiger partial charge on any atom is -0.391 e. The monoisotopic (exact) mass is 533 g/mol. The Hall–Kier alpha value is -1.54. The van der Waals surface area contributed by atoms with Crippen molar-refractivity contribution < 1.29 is 19.4 Å². The van der Waals surface area contributed by atoms with E-state index in [1.807, 2.05) is 13.8 Å². The van der Waals surface area contributed by atoms with Crippen molar-refractivity contribution in [3.05, 3.63) is 29.1 Å². The van der Waals surface area contributed by atoms with Crippen LogP contribution in [-0.2, 0) is 27.1 Å². The molecule has 0 aliphatic carbocycles. The van der Waals surface area contributed by atoms with Crippen LogP contribution in [0.25, 0.3) is 0 Å². The number of unbranched alkanes of at least 4 members (excludes halogenated alkanes) is 1. The molecule has 1 saturated heterocycles. The second-order valence-corrected chi connectivity index (χ2v) is 12.1. The minimum atomic E-state index is -0.715. The van der Waals surface area contributed by atoms with Crippen LogP contribution in [0.5, 0.6) is 0 Å². The highest BCUT2D eigenvalue weighted by atomic mass is 16.5. The summed E-state index contributed by atoms with van der Waals surface area (Å²) in [5.41, 5.74) is 10.0. The van der Waals surface area contributed by atoms with Gasteiger partial charge in [0.2, 0.25) is 5.91 Å². The molecular weight excluding hydrogens is 478 g/mol. The van der Waals surface area contributed by atoms with Crippen LogP contribution in [0.1, 0.15) is 83.2 Å². The topological polar surface area (TPSA) is 107 Å². The molecule has 2 rings (SSSR count). The molecule has 4 N–H and O–H groups in total. The Morgan fingerprint density at radius 2 is 1.87 bits per heavy atom. The number of nitrogens with zero attached hydrogens (tertiary/aromatic N) is 1. The Balaban J connectivity index is 1.94. The van der Waals surface area contributed by atoms with E-state index in [1.54, 1.807) is 7.11 Å². The van der Waals surface area contributed by atoms with E-state index in [4.69, 9.17) is 20.2 Å². The Bertz CT molecular complexity index is 810. The number of carbonyl (C=O) groups is 1. The lowest BCUT2D eigenvalue weighted by Crippen LogP contribution is -2.43. The molecule has 0 saturated carbocycles. The fourth-order valence-electron chi connectivity index (χ4n) is 5.46. The van der Waals surface area contributed by atoms with Gasteiger partial charge in [-0.05, 0) is 99.7 Å². The van der Waals surface area contributed by atoms with Crippen molar-refractivity contribution >= 4 is 5.91 Å². The van der Waals surface area contributed by atoms with Gasteiger partial charge in [-0.15, -0.1) is 0 Å². The summed E-state index contributed by atoms with van der Waals surface area (Å²) < 4.78 is 10.6. The lowest BCUT2D eigenvalue weighted by Gasteiger charge is -2.30. The van der Waals surface area contributed by atoms with E-state index < -0.39 is 6.10 Å². The maximum absolute atomic E-state index is 13.0. The van der Waals surface area contributed by atoms with Crippen molar-refractivity contribution in [3.8, 4) is 0 Å². The van der Waals surface area contributed by atoms with E-state index in [9.17, 15) is 9.90 Å². The van der Waals surface area contributed by atoms with Gasteiger partial charge in [-0.3, -0.25) is 9.78 Å². The number of ether oxygens (including phenoxy) is 2. The van der Waals surface area contributed by atoms with Gasteiger partial charge in [0.15, 0.2) is 0 Å². The summed E-state index contributed by atoms with van der Waals surface area (Å²) in [7, 11) is 1.74. The molecule has 1 aromatic rings. The molecule has 7 nitrogen and oxygen atoms in total. The van der Waals surface area contributed by atoms with E-state index in [-0.39, 0.29) is 23.8 Å². The van der Waals surface area contributed by atoms with Crippen molar-refractivity contribution in [1.29, 1.82) is 0 Å². The van der Waals surface area contributed by atoms with E-state index in [1.165, 1.54) is 5.56 Å². The van der Waals surface area contributed by atoms with Gasteiger partial charge in [0.05, 0.1) is 6.10 Å². The normalized spacial score (nSPS) is 17.9. The zero-order chi connectivity index (χ0) is 28.1. The molecule has 0 aromatic carbocycles. The van der Waals surface area contributed by atoms with Gasteiger partial charge in [-0.25, -0.2) is 0 Å². The maximum Gasteiger partial charge on any atom is 0.223 e. The predicted octanol–water partition coefficient (Wildman–Crippen LogP) is 4.46. The van der Waals surface area contributed by atoms with Crippen molar-refractivity contribution in [2.24, 2.45) is 35.3 Å². The van der Waals surface area contributed by atoms with Crippen LogP contribution in [0.2, 0.25) is 0 Å². The van der Waals surface area contributed by atoms with E-state index >= 15 is 0 Å². The number of aliphatic hydroxyl groups is 1. The van der Waals surface area contributed by atoms with Crippen LogP contribution < -0.4 is 11.1 Å². The molecule has 0 unspecified atom stereocenters. The maximum atomic E-state index is 13.0. The highest BCUT2D eigenvalue weighted by Crippen LogP contribution is 2.26. The van der Waals surface area contributed by atoms with Crippen LogP contribution >= 0.6 is 0 Å². The van der Waals surface area contributed by atoms with Crippen LogP contribution in [0.4, 0.5) is 0 Å². The quantitative estimate of drug-likeness (QED) is 0.255. The Labute approximate surface area is 231 Å². The summed E-state index contributed by atoms with van der Waals surface area (Å²) in [5, 5.41) is 14.2. The van der Waals surface area contributed by atoms with Gasteiger partial charge >= 0.3 is 0 Å². The molecule has 0 spiro atoms. The molecular formula is C31H55N3O4. The van der Waals surface area contributed by atoms with E-state index in [0.29, 0.717) is 30.7 Å². The first-order chi connectivity index (χ1) is 18.1. The number of methoxy groups -OCH3 is 1. The number of aryl methyl sites for hydroxylation is 2. The third kappa shape index (κ3) is 11.7. The molecule has 1 aliphatic rings. The number of rotatable bonds is 17. The van der Waals surface area contributed by atoms with Crippen molar-refractivity contribution in [3.63, 3.8) is 0 Å². The van der Waals surface area contributed by atoms with Crippen LogP contribution in [0.3, 0.4) is 0 Å². The molecule has 38 heavy (non-hydrogen) atoms. The number of hydrogen-bond donors (Lipinski definition) is 3. The standard InChI is InChI=1S/C31H55N3O4/c1-21(2)26(16-25-15-23(5)34-27(17-25)9-7-8-12-37-6)18-29(32)30(35)19-28(22(3)4)31(36)33-20-24-10-13-38-14-11-24/h15,17,21-22,24,26,28-30,35H,7-14,16,18-20,32H2,1-6H3,(H,33,36)/t26-,28-,29-,30-/m0/s1. The van der Waals surface area contributed by atoms with Gasteiger partial charge in [-0.2, -0.15) is 0 Å². The van der Waals surface area contributed by atoms with Crippen LogP contribution in [-0.4, -0.2) is 61.6 Å². The molecule has 1 fully saturated rings. The number of aliphatic hydroxyl groups excluding tert-OH is 1. The summed E-state index contributed by atoms with van der Waals surface area (Å²) in [4.78, 5) is 17.8. The van der Waals surface area contributed by atoms with Crippen molar-refractivity contribution in [2.45, 2.75) is 98.1 Å². The first-order valence-electron chi connectivity index (χ1n) is 14.8. The minimum absolute atomic E-state index is 0.0310. The molecule has 7 heteroatoms. The first kappa shape index (κ1) is 32.7. The van der Waals surface area contributed by atoms with E-state index in [0.717, 1.165) is 76.2 Å². The first-order valence-corrected chi connectivity index (χ1v) is 14.8. The second kappa shape index (κ2) is 17.2. The number of pyridine rings is 1. The number of aromatic nitrogens is 1. The van der Waals surface area contributed by atoms with E-state index in [2.05, 4.69) is 38.2 Å². The lowest BCUT2D eigenvalue weighted by atomic mass is 9.80. The average Bonchev–Trinajstić information content (AvgIpc) is 2.87. The van der Waals surface area contributed by atoms with Gasteiger partial charge < -0.3 is 25.6 Å². The Kier molecular flexibility index (Phi) is 14.8. The average molecular weight is 534 g/mol. The fourth-order valence-corrected chi connectivity index (χ4v) is 5.46. The molecule has 1 aromatic heterocycles. The molecule has 218 valence electrons. The Morgan fingerprint density at radius 3 is 2.50 bits per heavy atom. The zero-order valence-electron chi connectivity index (χ0n) is 24.9. The lowest BCUT2D eigenvalue weighted by molar-refractivity contribution is -0.128. The zero-order valence-corrected chi connectivity index (χ0v) is 24.9. The third-order valence-corrected chi connectivity index (χ3v) is 8.15. The highest BCUT2D eigenvalue weighted by molar-refractivity contribution is 5.78. The fraction of sp³-hybridized carbons (Fsp3) is 0.806. The SMILES string of the molecule is COCCCCc1cc(C[C@@H](C[C@H](N)[C@@H](O)C[C@H](C(=O)NCC2CCOCC2)C(C)C)C(C)C)cc(C)n1. The largest absolute Gasteiger partial charge is 0.391 e. The van der Waals surface area contributed by atoms with Gasteiger partial charge in [0.25, 0.3) is 0 Å². The van der Waals surface area contributed by atoms with Gasteiger partial charge in [-0.1, -0.05) is 27.7 Å². The molecule has 1 aliphatic heterocycles. The summed E-state index contributed by atoms with van der Waals surface area (Å²) in [5.74, 6) is 1.15. The van der Waals surface area contributed by atoms with Crippen LogP contribution in [0.15, 0.2) is 12.1 Å². The van der Waals surface area contributed by atoms with Crippen molar-refractivity contribution in [1.82, 2.24) is 10.3 Å². The highest BCUT2D eigenvalue weighted by Gasteiger charge is 2.30. The molecule has 0 radical (unpaired) electrons. The predicted molar refractivity (Wildman–Crippen MR) is 154 cm³/mol. The molecule has 0 bridgehead atoms. The number of hydrogen-bond acceptors (Lipinski definition) is 6. The van der Waals surface area contributed by atoms with Gasteiger partial charge in [0, 0.05) is 56.8 Å². The number of amides is 1. The Morgan fingerprint density at radius 1 is 1.16 bits per heavy atom. The summed E-state index contributed by atoms with van der Waals surface area (Å²) in [6.07, 6.45) is 6.34. The summed E-state index contributed by atoms with van der Waals surface area (Å²) in [6, 6.07) is 4.03. The summed E-state index contributed by atoms with van der Waals surface area (Å²) >= 11 is 0. The number of carbonyl (C=O) groups excluding carboxylic acids is 1. The number of nitrogens with one attached hydrogen (secondary N) is 1. The second-order valence-electron chi connectivity index (χ2n) is 12.1. The third-order valence-electron chi connectivity index (χ3n) is 8.15.